The lowest BCUT2D eigenvalue weighted by atomic mass is 10.1. The molecule has 0 saturated carbocycles. The van der Waals surface area contributed by atoms with Crippen molar-refractivity contribution < 1.29 is 18.0 Å². The molecule has 0 bridgehead atoms. The minimum absolute atomic E-state index is 0.00224. The van der Waals surface area contributed by atoms with Crippen LogP contribution in [0.3, 0.4) is 0 Å². The van der Waals surface area contributed by atoms with Crippen molar-refractivity contribution in [1.29, 1.82) is 0 Å². The van der Waals surface area contributed by atoms with Crippen LogP contribution in [0.25, 0.3) is 11.3 Å². The molecule has 0 unspecified atom stereocenters. The second-order valence-corrected chi connectivity index (χ2v) is 5.25. The third kappa shape index (κ3) is 3.31. The van der Waals surface area contributed by atoms with Crippen LogP contribution in [0.1, 0.15) is 16.1 Å². The number of pyridine rings is 1. The van der Waals surface area contributed by atoms with Crippen molar-refractivity contribution in [3.63, 3.8) is 0 Å². The fourth-order valence-corrected chi connectivity index (χ4v) is 2.69. The summed E-state index contributed by atoms with van der Waals surface area (Å²) in [5.41, 5.74) is -1.43. The summed E-state index contributed by atoms with van der Waals surface area (Å²) in [5.74, 6) is 0. The van der Waals surface area contributed by atoms with Gasteiger partial charge in [-0.05, 0) is 24.3 Å². The number of hydrogen-bond donors (Lipinski definition) is 0. The van der Waals surface area contributed by atoms with Crippen LogP contribution >= 0.6 is 34.8 Å². The second kappa shape index (κ2) is 5.83. The van der Waals surface area contributed by atoms with Gasteiger partial charge in [0.15, 0.2) is 6.29 Å². The van der Waals surface area contributed by atoms with Crippen LogP contribution in [0.15, 0.2) is 24.3 Å². The van der Waals surface area contributed by atoms with E-state index in [1.807, 2.05) is 0 Å². The Hall–Kier alpha value is -1.30. The van der Waals surface area contributed by atoms with E-state index in [-0.39, 0.29) is 31.9 Å². The lowest BCUT2D eigenvalue weighted by Gasteiger charge is -2.12. The van der Waals surface area contributed by atoms with Gasteiger partial charge in [-0.2, -0.15) is 13.2 Å². The zero-order valence-electron chi connectivity index (χ0n) is 10.0. The third-order valence-corrected chi connectivity index (χ3v) is 3.40. The van der Waals surface area contributed by atoms with Crippen LogP contribution in [0.5, 0.6) is 0 Å². The number of carbonyl (C=O) groups is 1. The third-order valence-electron chi connectivity index (χ3n) is 2.59. The molecule has 0 spiro atoms. The molecule has 2 nitrogen and oxygen atoms in total. The van der Waals surface area contributed by atoms with Crippen LogP contribution in [0, 0.1) is 0 Å². The Morgan fingerprint density at radius 1 is 1.05 bits per heavy atom. The number of hydrogen-bond acceptors (Lipinski definition) is 2. The zero-order chi connectivity index (χ0) is 15.8. The predicted octanol–water partition coefficient (Wildman–Crippen LogP) is 5.54. The van der Waals surface area contributed by atoms with E-state index in [0.29, 0.717) is 12.4 Å². The Labute approximate surface area is 132 Å². The molecule has 0 N–H and O–H groups in total. The van der Waals surface area contributed by atoms with E-state index in [9.17, 15) is 18.0 Å². The van der Waals surface area contributed by atoms with Gasteiger partial charge in [-0.15, -0.1) is 0 Å². The highest BCUT2D eigenvalue weighted by Crippen LogP contribution is 2.39. The summed E-state index contributed by atoms with van der Waals surface area (Å²) in [4.78, 5) is 14.5. The van der Waals surface area contributed by atoms with Crippen molar-refractivity contribution in [3.05, 3.63) is 50.6 Å². The van der Waals surface area contributed by atoms with Gasteiger partial charge in [0, 0.05) is 16.1 Å². The van der Waals surface area contributed by atoms with Gasteiger partial charge >= 0.3 is 6.18 Å². The van der Waals surface area contributed by atoms with Crippen LogP contribution in [0.2, 0.25) is 15.1 Å². The average molecular weight is 355 g/mol. The van der Waals surface area contributed by atoms with E-state index >= 15 is 0 Å². The first-order valence-corrected chi connectivity index (χ1v) is 6.55. The van der Waals surface area contributed by atoms with Gasteiger partial charge in [-0.25, -0.2) is 4.98 Å². The van der Waals surface area contributed by atoms with E-state index in [1.54, 1.807) is 0 Å². The largest absolute Gasteiger partial charge is 0.433 e. The van der Waals surface area contributed by atoms with Gasteiger partial charge in [0.2, 0.25) is 0 Å². The highest BCUT2D eigenvalue weighted by Gasteiger charge is 2.33. The fourth-order valence-electron chi connectivity index (χ4n) is 1.69. The standard InChI is InChI=1S/C13H5Cl3F3NO/c14-7-3-8(15)11(9(16)4-7)12-6(5-21)1-2-10(20-12)13(17,18)19/h1-5H. The molecule has 2 aromatic rings. The molecule has 8 heteroatoms. The predicted molar refractivity (Wildman–Crippen MR) is 75.1 cm³/mol. The molecule has 0 aliphatic carbocycles. The SMILES string of the molecule is O=Cc1ccc(C(F)(F)F)nc1-c1c(Cl)cc(Cl)cc1Cl. The first-order chi connectivity index (χ1) is 9.74. The van der Waals surface area contributed by atoms with Gasteiger partial charge in [0.25, 0.3) is 0 Å². The number of aldehydes is 1. The number of halogens is 6. The summed E-state index contributed by atoms with van der Waals surface area (Å²) in [6.45, 7) is 0. The summed E-state index contributed by atoms with van der Waals surface area (Å²) in [5, 5.41) is 0.221. The molecule has 0 radical (unpaired) electrons. The molecular formula is C13H5Cl3F3NO. The number of alkyl halides is 3. The van der Waals surface area contributed by atoms with Crippen LogP contribution in [-0.2, 0) is 6.18 Å². The first-order valence-electron chi connectivity index (χ1n) is 5.42. The Balaban J connectivity index is 2.76. The van der Waals surface area contributed by atoms with Crippen molar-refractivity contribution in [3.8, 4) is 11.3 Å². The van der Waals surface area contributed by atoms with Crippen LogP contribution in [0.4, 0.5) is 13.2 Å². The molecule has 21 heavy (non-hydrogen) atoms. The van der Waals surface area contributed by atoms with E-state index in [1.165, 1.54) is 12.1 Å². The van der Waals surface area contributed by atoms with Crippen molar-refractivity contribution in [2.45, 2.75) is 6.18 Å². The van der Waals surface area contributed by atoms with Crippen molar-refractivity contribution in [2.75, 3.05) is 0 Å². The summed E-state index contributed by atoms with van der Waals surface area (Å²) < 4.78 is 38.2. The minimum Gasteiger partial charge on any atom is -0.298 e. The van der Waals surface area contributed by atoms with Crippen LogP contribution < -0.4 is 0 Å². The Kier molecular flexibility index (Phi) is 4.46. The number of carbonyl (C=O) groups excluding carboxylic acids is 1. The maximum Gasteiger partial charge on any atom is 0.433 e. The number of nitrogens with zero attached hydrogens (tertiary/aromatic N) is 1. The number of rotatable bonds is 2. The maximum absolute atomic E-state index is 12.7. The number of benzene rings is 1. The van der Waals surface area contributed by atoms with E-state index in [4.69, 9.17) is 34.8 Å². The van der Waals surface area contributed by atoms with E-state index in [0.717, 1.165) is 6.07 Å². The highest BCUT2D eigenvalue weighted by atomic mass is 35.5. The van der Waals surface area contributed by atoms with Gasteiger partial charge in [-0.1, -0.05) is 34.8 Å². The van der Waals surface area contributed by atoms with Gasteiger partial charge in [-0.3, -0.25) is 4.79 Å². The molecule has 0 fully saturated rings. The zero-order valence-corrected chi connectivity index (χ0v) is 12.3. The lowest BCUT2D eigenvalue weighted by Crippen LogP contribution is -2.09. The quantitative estimate of drug-likeness (QED) is 0.663. The fraction of sp³-hybridized carbons (Fsp3) is 0.0769. The summed E-state index contributed by atoms with van der Waals surface area (Å²) in [7, 11) is 0. The Bertz CT molecular complexity index is 693. The van der Waals surface area contributed by atoms with Gasteiger partial charge < -0.3 is 0 Å². The first kappa shape index (κ1) is 16.1. The molecule has 0 saturated heterocycles. The molecule has 2 rings (SSSR count). The van der Waals surface area contributed by atoms with Gasteiger partial charge in [0.1, 0.15) is 5.69 Å². The summed E-state index contributed by atoms with van der Waals surface area (Å²) in [6.07, 6.45) is -4.27. The smallest absolute Gasteiger partial charge is 0.298 e. The average Bonchev–Trinajstić information content (AvgIpc) is 2.36. The summed E-state index contributed by atoms with van der Waals surface area (Å²) in [6, 6.07) is 4.34. The molecule has 0 amide bonds. The molecule has 1 aromatic carbocycles. The number of aromatic nitrogens is 1. The minimum atomic E-state index is -4.65. The van der Waals surface area contributed by atoms with Crippen molar-refractivity contribution in [1.82, 2.24) is 4.98 Å². The van der Waals surface area contributed by atoms with Gasteiger partial charge in [0.05, 0.1) is 15.7 Å². The lowest BCUT2D eigenvalue weighted by molar-refractivity contribution is -0.141. The summed E-state index contributed by atoms with van der Waals surface area (Å²) >= 11 is 17.7. The Morgan fingerprint density at radius 2 is 1.62 bits per heavy atom. The van der Waals surface area contributed by atoms with Crippen LogP contribution in [-0.4, -0.2) is 11.3 Å². The van der Waals surface area contributed by atoms with E-state index < -0.39 is 11.9 Å². The molecule has 0 aliphatic heterocycles. The molecule has 0 aliphatic rings. The maximum atomic E-state index is 12.7. The van der Waals surface area contributed by atoms with Crippen molar-refractivity contribution >= 4 is 41.1 Å². The monoisotopic (exact) mass is 353 g/mol. The normalized spacial score (nSPS) is 11.5. The van der Waals surface area contributed by atoms with E-state index in [2.05, 4.69) is 4.98 Å². The molecule has 1 aromatic heterocycles. The molecule has 1 heterocycles. The topological polar surface area (TPSA) is 30.0 Å². The molecular weight excluding hydrogens is 350 g/mol. The van der Waals surface area contributed by atoms with Crippen molar-refractivity contribution in [2.24, 2.45) is 0 Å². The highest BCUT2D eigenvalue weighted by molar-refractivity contribution is 6.41. The molecule has 110 valence electrons. The Morgan fingerprint density at radius 3 is 2.10 bits per heavy atom. The second-order valence-electron chi connectivity index (χ2n) is 3.99. The molecule has 0 atom stereocenters.